The van der Waals surface area contributed by atoms with Crippen LogP contribution in [0.15, 0.2) is 17.0 Å². The zero-order chi connectivity index (χ0) is 14.3. The van der Waals surface area contributed by atoms with Crippen LogP contribution in [0.3, 0.4) is 0 Å². The van der Waals surface area contributed by atoms with Gasteiger partial charge in [-0.1, -0.05) is 18.0 Å². The lowest BCUT2D eigenvalue weighted by Gasteiger charge is -2.25. The molecule has 0 amide bonds. The van der Waals surface area contributed by atoms with Gasteiger partial charge in [0, 0.05) is 18.3 Å². The molecule has 1 N–H and O–H groups in total. The molecule has 0 bridgehead atoms. The summed E-state index contributed by atoms with van der Waals surface area (Å²) in [6.45, 7) is 0. The van der Waals surface area contributed by atoms with Gasteiger partial charge in [0.25, 0.3) is 0 Å². The third kappa shape index (κ3) is 2.31. The average molecular weight is 359 g/mol. The molecule has 2 aromatic heterocycles. The van der Waals surface area contributed by atoms with Crippen LogP contribution in [0.5, 0.6) is 0 Å². The molecule has 2 unspecified atom stereocenters. The second kappa shape index (κ2) is 5.33. The lowest BCUT2D eigenvalue weighted by atomic mass is 9.81. The number of hydrogen-bond acceptors (Lipinski definition) is 3. The van der Waals surface area contributed by atoms with Crippen molar-refractivity contribution in [2.24, 2.45) is 5.92 Å². The average Bonchev–Trinajstić information content (AvgIpc) is 2.78. The van der Waals surface area contributed by atoms with Crippen molar-refractivity contribution in [3.8, 4) is 0 Å². The molecule has 2 heterocycles. The summed E-state index contributed by atoms with van der Waals surface area (Å²) in [6.07, 6.45) is 6.69. The maximum absolute atomic E-state index is 11.2. The summed E-state index contributed by atoms with van der Waals surface area (Å²) in [7, 11) is 0. The molecule has 0 spiro atoms. The monoisotopic (exact) mass is 357 g/mol. The van der Waals surface area contributed by atoms with Crippen molar-refractivity contribution in [2.75, 3.05) is 0 Å². The largest absolute Gasteiger partial charge is 0.481 e. The van der Waals surface area contributed by atoms with Gasteiger partial charge in [0.1, 0.15) is 15.9 Å². The van der Waals surface area contributed by atoms with Gasteiger partial charge >= 0.3 is 5.97 Å². The van der Waals surface area contributed by atoms with Crippen molar-refractivity contribution >= 4 is 39.0 Å². The normalized spacial score (nSPS) is 23.1. The Labute approximate surface area is 129 Å². The molecule has 5 nitrogen and oxygen atoms in total. The number of rotatable bonds is 2. The number of hydrogen-bond donors (Lipinski definition) is 1. The molecule has 2 aromatic rings. The van der Waals surface area contributed by atoms with Gasteiger partial charge in [-0.2, -0.15) is 0 Å². The van der Waals surface area contributed by atoms with Crippen LogP contribution >= 0.6 is 27.5 Å². The Morgan fingerprint density at radius 2 is 2.30 bits per heavy atom. The molecule has 0 saturated heterocycles. The minimum absolute atomic E-state index is 0.141. The highest BCUT2D eigenvalue weighted by Gasteiger charge is 2.30. The predicted octanol–water partition coefficient (Wildman–Crippen LogP) is 3.50. The van der Waals surface area contributed by atoms with Crippen LogP contribution in [-0.4, -0.2) is 25.4 Å². The zero-order valence-electron chi connectivity index (χ0n) is 10.6. The Balaban J connectivity index is 2.02. The van der Waals surface area contributed by atoms with Crippen LogP contribution in [0.4, 0.5) is 0 Å². The van der Waals surface area contributed by atoms with Gasteiger partial charge in [0.2, 0.25) is 0 Å². The van der Waals surface area contributed by atoms with Gasteiger partial charge in [-0.15, -0.1) is 0 Å². The molecule has 7 heteroatoms. The summed E-state index contributed by atoms with van der Waals surface area (Å²) in [4.78, 5) is 19.8. The van der Waals surface area contributed by atoms with E-state index >= 15 is 0 Å². The SMILES string of the molecule is O=C(O)C1CCCC(c2nc(Br)c3c(Cl)nccn23)C1. The number of carbonyl (C=O) groups is 1. The molecule has 0 aliphatic heterocycles. The van der Waals surface area contributed by atoms with Crippen molar-refractivity contribution < 1.29 is 9.90 Å². The molecular weight excluding hydrogens is 346 g/mol. The van der Waals surface area contributed by atoms with E-state index in [2.05, 4.69) is 25.9 Å². The van der Waals surface area contributed by atoms with Gasteiger partial charge in [-0.3, -0.25) is 9.20 Å². The number of aliphatic carboxylic acids is 1. The van der Waals surface area contributed by atoms with E-state index in [0.717, 1.165) is 30.6 Å². The maximum atomic E-state index is 11.2. The number of halogens is 2. The highest BCUT2D eigenvalue weighted by molar-refractivity contribution is 9.10. The van der Waals surface area contributed by atoms with Gasteiger partial charge in [-0.25, -0.2) is 9.97 Å². The number of nitrogens with zero attached hydrogens (tertiary/aromatic N) is 3. The van der Waals surface area contributed by atoms with Crippen molar-refractivity contribution in [2.45, 2.75) is 31.6 Å². The Hall–Kier alpha value is -1.14. The Morgan fingerprint density at radius 3 is 3.05 bits per heavy atom. The molecule has 1 aliphatic rings. The molecule has 3 rings (SSSR count). The van der Waals surface area contributed by atoms with Crippen molar-refractivity contribution in [1.82, 2.24) is 14.4 Å². The highest BCUT2D eigenvalue weighted by Crippen LogP contribution is 2.38. The summed E-state index contributed by atoms with van der Waals surface area (Å²) in [5.41, 5.74) is 0.738. The molecular formula is C13H13BrClN3O2. The van der Waals surface area contributed by atoms with Crippen LogP contribution in [0.1, 0.15) is 37.4 Å². The summed E-state index contributed by atoms with van der Waals surface area (Å²) in [5.74, 6) is 0.00996. The molecule has 0 aromatic carbocycles. The van der Waals surface area contributed by atoms with Gasteiger partial charge in [0.05, 0.1) is 5.92 Å². The standard InChI is InChI=1S/C13H13BrClN3O2/c14-10-9-11(15)16-4-5-18(9)12(17-10)7-2-1-3-8(6-7)13(19)20/h4-5,7-8H,1-3,6H2,(H,19,20). The molecule has 0 radical (unpaired) electrons. The number of carboxylic acid groups (broad SMARTS) is 1. The van der Waals surface area contributed by atoms with E-state index in [4.69, 9.17) is 11.6 Å². The molecule has 2 atom stereocenters. The van der Waals surface area contributed by atoms with Crippen LogP contribution in [0, 0.1) is 5.92 Å². The van der Waals surface area contributed by atoms with Crippen molar-refractivity contribution in [1.29, 1.82) is 0 Å². The van der Waals surface area contributed by atoms with Crippen molar-refractivity contribution in [3.63, 3.8) is 0 Å². The van der Waals surface area contributed by atoms with Crippen LogP contribution in [0.2, 0.25) is 5.15 Å². The second-order valence-corrected chi connectivity index (χ2v) is 6.21. The minimum atomic E-state index is -0.714. The molecule has 1 saturated carbocycles. The maximum Gasteiger partial charge on any atom is 0.306 e. The van der Waals surface area contributed by atoms with E-state index in [1.807, 2.05) is 10.6 Å². The number of aromatic nitrogens is 3. The first-order valence-electron chi connectivity index (χ1n) is 6.48. The topological polar surface area (TPSA) is 67.5 Å². The van der Waals surface area contributed by atoms with Crippen molar-refractivity contribution in [3.05, 3.63) is 28.0 Å². The summed E-state index contributed by atoms with van der Waals surface area (Å²) in [5, 5.41) is 9.59. The lowest BCUT2D eigenvalue weighted by Crippen LogP contribution is -2.22. The highest BCUT2D eigenvalue weighted by atomic mass is 79.9. The van der Waals surface area contributed by atoms with E-state index in [-0.39, 0.29) is 11.8 Å². The first-order valence-corrected chi connectivity index (χ1v) is 7.65. The molecule has 1 aliphatic carbocycles. The quantitative estimate of drug-likeness (QED) is 0.892. The van der Waals surface area contributed by atoms with Crippen LogP contribution < -0.4 is 0 Å². The Kier molecular flexibility index (Phi) is 3.69. The fraction of sp³-hybridized carbons (Fsp3) is 0.462. The van der Waals surface area contributed by atoms with E-state index in [0.29, 0.717) is 16.2 Å². The zero-order valence-corrected chi connectivity index (χ0v) is 12.9. The minimum Gasteiger partial charge on any atom is -0.481 e. The van der Waals surface area contributed by atoms with E-state index in [1.165, 1.54) is 0 Å². The van der Waals surface area contributed by atoms with E-state index in [1.54, 1.807) is 6.20 Å². The lowest BCUT2D eigenvalue weighted by molar-refractivity contribution is -0.143. The van der Waals surface area contributed by atoms with E-state index < -0.39 is 5.97 Å². The summed E-state index contributed by atoms with van der Waals surface area (Å²) in [6, 6.07) is 0. The smallest absolute Gasteiger partial charge is 0.306 e. The number of carboxylic acids is 1. The third-order valence-electron chi connectivity index (χ3n) is 3.88. The number of imidazole rings is 1. The van der Waals surface area contributed by atoms with Gasteiger partial charge in [0.15, 0.2) is 5.15 Å². The number of fused-ring (bicyclic) bond motifs is 1. The van der Waals surface area contributed by atoms with Gasteiger partial charge in [-0.05, 0) is 35.2 Å². The van der Waals surface area contributed by atoms with Crippen LogP contribution in [-0.2, 0) is 4.79 Å². The predicted molar refractivity (Wildman–Crippen MR) is 78.0 cm³/mol. The fourth-order valence-electron chi connectivity index (χ4n) is 2.92. The van der Waals surface area contributed by atoms with Gasteiger partial charge < -0.3 is 5.11 Å². The first kappa shape index (κ1) is 13.8. The molecule has 1 fully saturated rings. The van der Waals surface area contributed by atoms with E-state index in [9.17, 15) is 9.90 Å². The Bertz CT molecular complexity index is 673. The van der Waals surface area contributed by atoms with Crippen LogP contribution in [0.25, 0.3) is 5.52 Å². The second-order valence-electron chi connectivity index (χ2n) is 5.10. The first-order chi connectivity index (χ1) is 9.58. The molecule has 20 heavy (non-hydrogen) atoms. The third-order valence-corrected chi connectivity index (χ3v) is 4.71. The summed E-state index contributed by atoms with van der Waals surface area (Å²) >= 11 is 9.50. The molecule has 106 valence electrons. The fourth-order valence-corrected chi connectivity index (χ4v) is 3.83. The Morgan fingerprint density at radius 1 is 1.50 bits per heavy atom. The summed E-state index contributed by atoms with van der Waals surface area (Å²) < 4.78 is 2.57.